The molecule has 0 saturated carbocycles. The Kier molecular flexibility index (Phi) is 8.78. The molecule has 2 heterocycles. The summed E-state index contributed by atoms with van der Waals surface area (Å²) in [6, 6.07) is 23.6. The monoisotopic (exact) mass is 526 g/mol. The molecule has 7 nitrogen and oxygen atoms in total. The van der Waals surface area contributed by atoms with Gasteiger partial charge in [-0.1, -0.05) is 42.5 Å². The molecule has 0 radical (unpaired) electrons. The third-order valence-corrected chi connectivity index (χ3v) is 7.61. The first-order chi connectivity index (χ1) is 19.0. The zero-order chi connectivity index (χ0) is 27.0. The summed E-state index contributed by atoms with van der Waals surface area (Å²) < 4.78 is 5.70. The SMILES string of the molecule is Cc1cccc(NC(=O)Nc2ccc(N3CCC(Cc4ccccc4)CC3)c(C(=O)NCC3CCCO3)c2)c1. The minimum absolute atomic E-state index is 0.0625. The number of carbonyl (C=O) groups is 2. The Bertz CT molecular complexity index is 1270. The van der Waals surface area contributed by atoms with Crippen molar-refractivity contribution in [3.63, 3.8) is 0 Å². The van der Waals surface area contributed by atoms with Crippen LogP contribution in [0.1, 0.15) is 47.2 Å². The molecule has 2 saturated heterocycles. The van der Waals surface area contributed by atoms with Crippen molar-refractivity contribution in [1.29, 1.82) is 0 Å². The van der Waals surface area contributed by atoms with Crippen molar-refractivity contribution >= 4 is 29.0 Å². The molecule has 1 unspecified atom stereocenters. The molecule has 39 heavy (non-hydrogen) atoms. The Hall–Kier alpha value is -3.84. The quantitative estimate of drug-likeness (QED) is 0.336. The molecule has 3 N–H and O–H groups in total. The number of urea groups is 1. The van der Waals surface area contributed by atoms with E-state index in [4.69, 9.17) is 4.74 Å². The Morgan fingerprint density at radius 2 is 1.67 bits per heavy atom. The van der Waals surface area contributed by atoms with Gasteiger partial charge in [-0.05, 0) is 86.4 Å². The molecule has 0 spiro atoms. The van der Waals surface area contributed by atoms with Gasteiger partial charge in [0.25, 0.3) is 5.91 Å². The first-order valence-electron chi connectivity index (χ1n) is 14.0. The number of benzene rings is 3. The van der Waals surface area contributed by atoms with Gasteiger partial charge >= 0.3 is 6.03 Å². The second kappa shape index (κ2) is 12.8. The normalized spacial score (nSPS) is 17.6. The van der Waals surface area contributed by atoms with Crippen molar-refractivity contribution in [3.8, 4) is 0 Å². The molecule has 0 bridgehead atoms. The number of hydrogen-bond donors (Lipinski definition) is 3. The van der Waals surface area contributed by atoms with Crippen LogP contribution in [-0.4, -0.2) is 44.3 Å². The van der Waals surface area contributed by atoms with Crippen molar-refractivity contribution < 1.29 is 14.3 Å². The van der Waals surface area contributed by atoms with Crippen LogP contribution in [0.25, 0.3) is 0 Å². The number of hydrogen-bond acceptors (Lipinski definition) is 4. The second-order valence-corrected chi connectivity index (χ2v) is 10.6. The summed E-state index contributed by atoms with van der Waals surface area (Å²) in [4.78, 5) is 28.4. The molecule has 0 aromatic heterocycles. The fraction of sp³-hybridized carbons (Fsp3) is 0.375. The summed E-state index contributed by atoms with van der Waals surface area (Å²) in [6.45, 7) is 5.00. The van der Waals surface area contributed by atoms with Crippen LogP contribution in [-0.2, 0) is 11.2 Å². The molecular formula is C32H38N4O3. The van der Waals surface area contributed by atoms with Crippen LogP contribution in [0.3, 0.4) is 0 Å². The van der Waals surface area contributed by atoms with Gasteiger partial charge in [-0.2, -0.15) is 0 Å². The van der Waals surface area contributed by atoms with Crippen LogP contribution >= 0.6 is 0 Å². The van der Waals surface area contributed by atoms with E-state index in [1.807, 2.05) is 43.3 Å². The van der Waals surface area contributed by atoms with Crippen molar-refractivity contribution in [2.45, 2.75) is 45.1 Å². The molecule has 2 aliphatic rings. The molecule has 7 heteroatoms. The lowest BCUT2D eigenvalue weighted by Crippen LogP contribution is -2.37. The Labute approximate surface area is 230 Å². The number of ether oxygens (including phenoxy) is 1. The zero-order valence-corrected chi connectivity index (χ0v) is 22.6. The van der Waals surface area contributed by atoms with Gasteiger partial charge in [0, 0.05) is 43.3 Å². The predicted octanol–water partition coefficient (Wildman–Crippen LogP) is 6.01. The largest absolute Gasteiger partial charge is 0.376 e. The molecule has 0 aliphatic carbocycles. The number of nitrogens with one attached hydrogen (secondary N) is 3. The van der Waals surface area contributed by atoms with Crippen LogP contribution < -0.4 is 20.9 Å². The van der Waals surface area contributed by atoms with Gasteiger partial charge < -0.3 is 25.6 Å². The van der Waals surface area contributed by atoms with Gasteiger partial charge in [0.05, 0.1) is 11.7 Å². The lowest BCUT2D eigenvalue weighted by molar-refractivity contribution is 0.0858. The highest BCUT2D eigenvalue weighted by Crippen LogP contribution is 2.30. The number of aryl methyl sites for hydroxylation is 1. The average molecular weight is 527 g/mol. The molecule has 3 aromatic rings. The number of piperidine rings is 1. The number of amides is 3. The lowest BCUT2D eigenvalue weighted by Gasteiger charge is -2.35. The maximum atomic E-state index is 13.4. The van der Waals surface area contributed by atoms with E-state index in [1.165, 1.54) is 5.56 Å². The fourth-order valence-electron chi connectivity index (χ4n) is 5.52. The summed E-state index contributed by atoms with van der Waals surface area (Å²) in [5, 5.41) is 8.83. The van der Waals surface area contributed by atoms with Gasteiger partial charge in [0.2, 0.25) is 0 Å². The number of rotatable bonds is 8. The summed E-state index contributed by atoms with van der Waals surface area (Å²) in [7, 11) is 0. The molecule has 204 valence electrons. The first kappa shape index (κ1) is 26.8. The van der Waals surface area contributed by atoms with Gasteiger partial charge in [0.1, 0.15) is 0 Å². The smallest absolute Gasteiger partial charge is 0.323 e. The van der Waals surface area contributed by atoms with E-state index in [-0.39, 0.29) is 18.0 Å². The van der Waals surface area contributed by atoms with E-state index >= 15 is 0 Å². The minimum atomic E-state index is -0.346. The Balaban J connectivity index is 1.28. The maximum absolute atomic E-state index is 13.4. The predicted molar refractivity (Wildman–Crippen MR) is 157 cm³/mol. The summed E-state index contributed by atoms with van der Waals surface area (Å²) in [5.74, 6) is 0.487. The van der Waals surface area contributed by atoms with Crippen LogP contribution in [0, 0.1) is 12.8 Å². The summed E-state index contributed by atoms with van der Waals surface area (Å²) in [5.41, 5.74) is 5.21. The molecule has 1 atom stereocenters. The second-order valence-electron chi connectivity index (χ2n) is 10.6. The zero-order valence-electron chi connectivity index (χ0n) is 22.6. The Morgan fingerprint density at radius 1 is 0.897 bits per heavy atom. The van der Waals surface area contributed by atoms with Gasteiger partial charge in [-0.3, -0.25) is 4.79 Å². The summed E-state index contributed by atoms with van der Waals surface area (Å²) in [6.07, 6.45) is 5.28. The van der Waals surface area contributed by atoms with E-state index in [0.717, 1.165) is 68.7 Å². The minimum Gasteiger partial charge on any atom is -0.376 e. The highest BCUT2D eigenvalue weighted by atomic mass is 16.5. The number of carbonyl (C=O) groups excluding carboxylic acids is 2. The van der Waals surface area contributed by atoms with Crippen molar-refractivity contribution in [2.75, 3.05) is 41.8 Å². The van der Waals surface area contributed by atoms with Gasteiger partial charge in [0.15, 0.2) is 0 Å². The Morgan fingerprint density at radius 3 is 2.38 bits per heavy atom. The number of nitrogens with zero attached hydrogens (tertiary/aromatic N) is 1. The maximum Gasteiger partial charge on any atom is 0.323 e. The molecule has 3 aromatic carbocycles. The van der Waals surface area contributed by atoms with Crippen LogP contribution in [0.2, 0.25) is 0 Å². The molecule has 5 rings (SSSR count). The highest BCUT2D eigenvalue weighted by Gasteiger charge is 2.25. The fourth-order valence-corrected chi connectivity index (χ4v) is 5.52. The number of anilines is 3. The highest BCUT2D eigenvalue weighted by molar-refractivity contribution is 6.04. The van der Waals surface area contributed by atoms with E-state index in [0.29, 0.717) is 23.7 Å². The third kappa shape index (κ3) is 7.39. The van der Waals surface area contributed by atoms with E-state index in [9.17, 15) is 9.59 Å². The molecular weight excluding hydrogens is 488 g/mol. The standard InChI is InChI=1S/C32H38N4O3/c1-23-7-5-10-26(19-23)34-32(38)35-27-12-13-30(29(21-27)31(37)33-22-28-11-6-18-39-28)36-16-14-25(15-17-36)20-24-8-3-2-4-9-24/h2-5,7-10,12-13,19,21,25,28H,6,11,14-18,20,22H2,1H3,(H,33,37)(H2,34,35,38). The molecule has 2 aliphatic heterocycles. The molecule has 2 fully saturated rings. The van der Waals surface area contributed by atoms with Crippen LogP contribution in [0.4, 0.5) is 21.9 Å². The van der Waals surface area contributed by atoms with Crippen molar-refractivity contribution in [3.05, 3.63) is 89.5 Å². The molecule has 3 amide bonds. The van der Waals surface area contributed by atoms with Crippen LogP contribution in [0.15, 0.2) is 72.8 Å². The van der Waals surface area contributed by atoms with Crippen LogP contribution in [0.5, 0.6) is 0 Å². The van der Waals surface area contributed by atoms with E-state index in [1.54, 1.807) is 6.07 Å². The van der Waals surface area contributed by atoms with Crippen molar-refractivity contribution in [2.24, 2.45) is 5.92 Å². The van der Waals surface area contributed by atoms with Crippen molar-refractivity contribution in [1.82, 2.24) is 5.32 Å². The van der Waals surface area contributed by atoms with Gasteiger partial charge in [-0.15, -0.1) is 0 Å². The topological polar surface area (TPSA) is 82.7 Å². The lowest BCUT2D eigenvalue weighted by atomic mass is 9.89. The van der Waals surface area contributed by atoms with Gasteiger partial charge in [-0.25, -0.2) is 4.79 Å². The third-order valence-electron chi connectivity index (χ3n) is 7.61. The summed E-state index contributed by atoms with van der Waals surface area (Å²) >= 11 is 0. The average Bonchev–Trinajstić information content (AvgIpc) is 3.47. The first-order valence-corrected chi connectivity index (χ1v) is 14.0. The van der Waals surface area contributed by atoms with E-state index < -0.39 is 0 Å². The van der Waals surface area contributed by atoms with E-state index in [2.05, 4.69) is 51.2 Å².